The Morgan fingerprint density at radius 3 is 2.53 bits per heavy atom. The molecular formula is C23H36N6O. The van der Waals surface area contributed by atoms with Gasteiger partial charge in [-0.1, -0.05) is 24.6 Å². The number of nitrogens with one attached hydrogen (secondary N) is 2. The first-order valence-corrected chi connectivity index (χ1v) is 11.1. The SMILES string of the molecule is CCNC(=NCc1coc(-c2ccc(C)cc2)n1)NCC(C)N1CCN(CC)CC1. The number of oxazole rings is 1. The molecule has 2 N–H and O–H groups in total. The van der Waals surface area contributed by atoms with E-state index in [1.807, 2.05) is 12.1 Å². The molecule has 1 saturated heterocycles. The van der Waals surface area contributed by atoms with Crippen molar-refractivity contribution in [3.8, 4) is 11.5 Å². The minimum absolute atomic E-state index is 0.466. The van der Waals surface area contributed by atoms with Crippen LogP contribution in [0.3, 0.4) is 0 Å². The molecule has 1 aliphatic rings. The van der Waals surface area contributed by atoms with Gasteiger partial charge in [0.05, 0.1) is 6.54 Å². The van der Waals surface area contributed by atoms with Crippen molar-refractivity contribution >= 4 is 5.96 Å². The van der Waals surface area contributed by atoms with Crippen LogP contribution in [0, 0.1) is 6.92 Å². The van der Waals surface area contributed by atoms with Crippen molar-refractivity contribution in [2.24, 2.45) is 4.99 Å². The second-order valence-corrected chi connectivity index (χ2v) is 7.91. The molecule has 0 bridgehead atoms. The summed E-state index contributed by atoms with van der Waals surface area (Å²) in [6.07, 6.45) is 1.69. The number of hydrogen-bond acceptors (Lipinski definition) is 5. The number of piperazine rings is 1. The smallest absolute Gasteiger partial charge is 0.226 e. The van der Waals surface area contributed by atoms with Gasteiger partial charge in [0.25, 0.3) is 0 Å². The van der Waals surface area contributed by atoms with Crippen molar-refractivity contribution in [1.82, 2.24) is 25.4 Å². The zero-order valence-corrected chi connectivity index (χ0v) is 18.8. The van der Waals surface area contributed by atoms with E-state index in [4.69, 9.17) is 9.41 Å². The molecular weight excluding hydrogens is 376 g/mol. The van der Waals surface area contributed by atoms with E-state index in [1.165, 1.54) is 5.56 Å². The molecule has 1 aromatic carbocycles. The number of aliphatic imine (C=N–C) groups is 1. The number of guanidine groups is 1. The van der Waals surface area contributed by atoms with Crippen molar-refractivity contribution in [3.63, 3.8) is 0 Å². The lowest BCUT2D eigenvalue weighted by Crippen LogP contribution is -2.53. The Kier molecular flexibility index (Phi) is 8.28. The predicted molar refractivity (Wildman–Crippen MR) is 123 cm³/mol. The summed E-state index contributed by atoms with van der Waals surface area (Å²) in [5.41, 5.74) is 3.03. The fourth-order valence-electron chi connectivity index (χ4n) is 3.60. The van der Waals surface area contributed by atoms with Crippen LogP contribution in [0.25, 0.3) is 11.5 Å². The van der Waals surface area contributed by atoms with Crippen molar-refractivity contribution in [1.29, 1.82) is 0 Å². The number of aromatic nitrogens is 1. The van der Waals surface area contributed by atoms with Gasteiger partial charge >= 0.3 is 0 Å². The van der Waals surface area contributed by atoms with E-state index in [0.717, 1.165) is 63.0 Å². The fourth-order valence-corrected chi connectivity index (χ4v) is 3.60. The van der Waals surface area contributed by atoms with Gasteiger partial charge in [-0.2, -0.15) is 0 Å². The third-order valence-electron chi connectivity index (χ3n) is 5.64. The van der Waals surface area contributed by atoms with Gasteiger partial charge in [0.2, 0.25) is 5.89 Å². The van der Waals surface area contributed by atoms with Crippen LogP contribution in [0.1, 0.15) is 32.0 Å². The molecule has 3 rings (SSSR count). The predicted octanol–water partition coefficient (Wildman–Crippen LogP) is 2.73. The number of benzene rings is 1. The molecule has 1 aliphatic heterocycles. The Morgan fingerprint density at radius 2 is 1.87 bits per heavy atom. The number of aryl methyl sites for hydroxylation is 1. The highest BCUT2D eigenvalue weighted by atomic mass is 16.3. The summed E-state index contributed by atoms with van der Waals surface area (Å²) in [7, 11) is 0. The molecule has 7 nitrogen and oxygen atoms in total. The number of hydrogen-bond donors (Lipinski definition) is 2. The Morgan fingerprint density at radius 1 is 1.13 bits per heavy atom. The molecule has 164 valence electrons. The Hall–Kier alpha value is -2.38. The number of likely N-dealkylation sites (N-methyl/N-ethyl adjacent to an activating group) is 1. The molecule has 1 aromatic heterocycles. The topological polar surface area (TPSA) is 68.9 Å². The largest absolute Gasteiger partial charge is 0.444 e. The maximum Gasteiger partial charge on any atom is 0.226 e. The van der Waals surface area contributed by atoms with Crippen molar-refractivity contribution in [3.05, 3.63) is 41.8 Å². The van der Waals surface area contributed by atoms with Gasteiger partial charge in [0, 0.05) is 50.9 Å². The summed E-state index contributed by atoms with van der Waals surface area (Å²) < 4.78 is 5.65. The monoisotopic (exact) mass is 412 g/mol. The molecule has 0 aliphatic carbocycles. The molecule has 2 aromatic rings. The van der Waals surface area contributed by atoms with E-state index >= 15 is 0 Å². The summed E-state index contributed by atoms with van der Waals surface area (Å²) in [5.74, 6) is 1.45. The first-order valence-electron chi connectivity index (χ1n) is 11.1. The number of rotatable bonds is 8. The maximum absolute atomic E-state index is 5.65. The Balaban J connectivity index is 1.52. The quantitative estimate of drug-likeness (QED) is 0.513. The van der Waals surface area contributed by atoms with Crippen LogP contribution in [0.2, 0.25) is 0 Å². The van der Waals surface area contributed by atoms with Gasteiger partial charge < -0.3 is 20.0 Å². The summed E-state index contributed by atoms with van der Waals surface area (Å²) in [6, 6.07) is 8.65. The third kappa shape index (κ3) is 6.31. The van der Waals surface area contributed by atoms with Crippen LogP contribution in [0.15, 0.2) is 39.9 Å². The standard InChI is InChI=1S/C23H36N6O/c1-5-24-23(25-15-19(4)29-13-11-28(6-2)12-14-29)26-16-21-17-30-22(27-21)20-9-7-18(3)8-10-20/h7-10,17,19H,5-6,11-16H2,1-4H3,(H2,24,25,26). The van der Waals surface area contributed by atoms with Crippen LogP contribution in [-0.4, -0.2) is 72.6 Å². The third-order valence-corrected chi connectivity index (χ3v) is 5.64. The van der Waals surface area contributed by atoms with E-state index in [9.17, 15) is 0 Å². The van der Waals surface area contributed by atoms with E-state index in [0.29, 0.717) is 18.5 Å². The van der Waals surface area contributed by atoms with Crippen LogP contribution in [0.5, 0.6) is 0 Å². The number of nitrogens with zero attached hydrogens (tertiary/aromatic N) is 4. The lowest BCUT2D eigenvalue weighted by atomic mass is 10.1. The highest BCUT2D eigenvalue weighted by molar-refractivity contribution is 5.79. The highest BCUT2D eigenvalue weighted by Gasteiger charge is 2.20. The molecule has 30 heavy (non-hydrogen) atoms. The molecule has 1 fully saturated rings. The molecule has 0 radical (unpaired) electrons. The van der Waals surface area contributed by atoms with E-state index in [-0.39, 0.29) is 0 Å². The van der Waals surface area contributed by atoms with Crippen molar-refractivity contribution in [2.75, 3.05) is 45.8 Å². The minimum atomic E-state index is 0.466. The zero-order chi connectivity index (χ0) is 21.3. The fraction of sp³-hybridized carbons (Fsp3) is 0.565. The van der Waals surface area contributed by atoms with Gasteiger partial charge in [0.1, 0.15) is 12.0 Å². The first-order chi connectivity index (χ1) is 14.6. The summed E-state index contributed by atoms with van der Waals surface area (Å²) >= 11 is 0. The molecule has 7 heteroatoms. The van der Waals surface area contributed by atoms with E-state index < -0.39 is 0 Å². The molecule has 2 heterocycles. The molecule has 1 unspecified atom stereocenters. The second-order valence-electron chi connectivity index (χ2n) is 7.91. The Bertz CT molecular complexity index is 792. The maximum atomic E-state index is 5.65. The molecule has 1 atom stereocenters. The lowest BCUT2D eigenvalue weighted by molar-refractivity contribution is 0.107. The van der Waals surface area contributed by atoms with Gasteiger partial charge in [0.15, 0.2) is 5.96 Å². The highest BCUT2D eigenvalue weighted by Crippen LogP contribution is 2.19. The minimum Gasteiger partial charge on any atom is -0.444 e. The van der Waals surface area contributed by atoms with Crippen LogP contribution < -0.4 is 10.6 Å². The lowest BCUT2D eigenvalue weighted by Gasteiger charge is -2.37. The Labute approximate surface area is 180 Å². The zero-order valence-electron chi connectivity index (χ0n) is 18.8. The van der Waals surface area contributed by atoms with Crippen LogP contribution in [-0.2, 0) is 6.54 Å². The van der Waals surface area contributed by atoms with E-state index in [2.05, 4.69) is 65.2 Å². The van der Waals surface area contributed by atoms with E-state index in [1.54, 1.807) is 6.26 Å². The van der Waals surface area contributed by atoms with Crippen LogP contribution in [0.4, 0.5) is 0 Å². The van der Waals surface area contributed by atoms with Gasteiger partial charge in [-0.05, 0) is 39.4 Å². The normalized spacial score (nSPS) is 17.1. The molecule has 0 amide bonds. The van der Waals surface area contributed by atoms with Gasteiger partial charge in [-0.25, -0.2) is 9.98 Å². The first kappa shape index (κ1) is 22.3. The average molecular weight is 413 g/mol. The summed E-state index contributed by atoms with van der Waals surface area (Å²) in [5, 5.41) is 6.81. The average Bonchev–Trinajstić information content (AvgIpc) is 3.25. The van der Waals surface area contributed by atoms with Gasteiger partial charge in [-0.3, -0.25) is 4.90 Å². The van der Waals surface area contributed by atoms with Crippen molar-refractivity contribution in [2.45, 2.75) is 40.3 Å². The molecule has 0 saturated carbocycles. The summed E-state index contributed by atoms with van der Waals surface area (Å²) in [4.78, 5) is 14.3. The second kappa shape index (κ2) is 11.1. The van der Waals surface area contributed by atoms with Crippen molar-refractivity contribution < 1.29 is 4.42 Å². The summed E-state index contributed by atoms with van der Waals surface area (Å²) in [6.45, 7) is 16.6. The molecule has 0 spiro atoms. The van der Waals surface area contributed by atoms with Crippen LogP contribution >= 0.6 is 0 Å². The van der Waals surface area contributed by atoms with Gasteiger partial charge in [-0.15, -0.1) is 0 Å².